The zero-order valence-corrected chi connectivity index (χ0v) is 35.2. The van der Waals surface area contributed by atoms with Crippen molar-refractivity contribution in [3.63, 3.8) is 0 Å². The van der Waals surface area contributed by atoms with Crippen molar-refractivity contribution in [1.82, 2.24) is 9.13 Å². The summed E-state index contributed by atoms with van der Waals surface area (Å²) in [5.41, 5.74) is 19.9. The SMILES string of the molecule is CC1(C)c2cc(-c3ccc(-c4ccc5c(c4)c4ccccc4n5-c4ccccc4)cc3)ccc2-c2ccc(-c3ccc4c(c3)c3ccccc3n4-c3ccc4ccccc4c3)cc21. The molecular weight excluding hydrogens is 761 g/mol. The Morgan fingerprint density at radius 1 is 0.286 bits per heavy atom. The van der Waals surface area contributed by atoms with Crippen LogP contribution in [0.1, 0.15) is 25.0 Å². The number of rotatable bonds is 5. The number of benzene rings is 10. The average molecular weight is 803 g/mol. The van der Waals surface area contributed by atoms with E-state index in [9.17, 15) is 0 Å². The molecule has 0 aliphatic heterocycles. The first-order valence-corrected chi connectivity index (χ1v) is 22.0. The highest BCUT2D eigenvalue weighted by atomic mass is 15.0. The molecule has 0 spiro atoms. The van der Waals surface area contributed by atoms with E-state index in [1.807, 2.05) is 0 Å². The smallest absolute Gasteiger partial charge is 0.0541 e. The maximum atomic E-state index is 2.45. The van der Waals surface area contributed by atoms with Crippen molar-refractivity contribution in [3.05, 3.63) is 230 Å². The van der Waals surface area contributed by atoms with Gasteiger partial charge in [0.1, 0.15) is 0 Å². The Morgan fingerprint density at radius 3 is 1.32 bits per heavy atom. The Labute approximate surface area is 366 Å². The minimum Gasteiger partial charge on any atom is -0.309 e. The van der Waals surface area contributed by atoms with Gasteiger partial charge in [0.25, 0.3) is 0 Å². The lowest BCUT2D eigenvalue weighted by atomic mass is 9.80. The van der Waals surface area contributed by atoms with E-state index in [2.05, 4.69) is 241 Å². The van der Waals surface area contributed by atoms with Crippen LogP contribution in [0.2, 0.25) is 0 Å². The predicted octanol–water partition coefficient (Wildman–Crippen LogP) is 16.3. The van der Waals surface area contributed by atoms with Crippen LogP contribution in [0, 0.1) is 0 Å². The van der Waals surface area contributed by atoms with E-state index in [1.54, 1.807) is 0 Å². The summed E-state index contributed by atoms with van der Waals surface area (Å²) in [6.07, 6.45) is 0. The minimum atomic E-state index is -0.152. The van der Waals surface area contributed by atoms with E-state index in [-0.39, 0.29) is 5.41 Å². The highest BCUT2D eigenvalue weighted by Crippen LogP contribution is 2.51. The predicted molar refractivity (Wildman–Crippen MR) is 266 cm³/mol. The van der Waals surface area contributed by atoms with Crippen LogP contribution in [0.3, 0.4) is 0 Å². The summed E-state index contributed by atoms with van der Waals surface area (Å²) in [4.78, 5) is 0. The van der Waals surface area contributed by atoms with Gasteiger partial charge in [-0.25, -0.2) is 0 Å². The Bertz CT molecular complexity index is 3800. The largest absolute Gasteiger partial charge is 0.309 e. The van der Waals surface area contributed by atoms with Crippen LogP contribution in [-0.2, 0) is 5.41 Å². The number of para-hydroxylation sites is 3. The van der Waals surface area contributed by atoms with Gasteiger partial charge in [-0.3, -0.25) is 0 Å². The minimum absolute atomic E-state index is 0.152. The summed E-state index contributed by atoms with van der Waals surface area (Å²) in [6, 6.07) is 80.8. The maximum absolute atomic E-state index is 2.45. The van der Waals surface area contributed by atoms with Crippen LogP contribution in [0.15, 0.2) is 218 Å². The summed E-state index contributed by atoms with van der Waals surface area (Å²) in [5.74, 6) is 0. The van der Waals surface area contributed by atoms with Gasteiger partial charge in [-0.15, -0.1) is 0 Å². The van der Waals surface area contributed by atoms with Crippen LogP contribution in [0.25, 0.3) is 110 Å². The van der Waals surface area contributed by atoms with Gasteiger partial charge in [-0.1, -0.05) is 159 Å². The number of nitrogens with zero attached hydrogens (tertiary/aromatic N) is 2. The summed E-state index contributed by atoms with van der Waals surface area (Å²) in [5, 5.41) is 7.58. The fourth-order valence-corrected chi connectivity index (χ4v) is 10.7. The summed E-state index contributed by atoms with van der Waals surface area (Å²) in [7, 11) is 0. The molecule has 2 aromatic heterocycles. The highest BCUT2D eigenvalue weighted by Gasteiger charge is 2.36. The first kappa shape index (κ1) is 35.8. The molecule has 0 saturated heterocycles. The molecule has 296 valence electrons. The number of hydrogen-bond donors (Lipinski definition) is 0. The molecule has 0 N–H and O–H groups in total. The van der Waals surface area contributed by atoms with Gasteiger partial charge >= 0.3 is 0 Å². The second-order valence-electron chi connectivity index (χ2n) is 17.8. The third-order valence-electron chi connectivity index (χ3n) is 13.9. The van der Waals surface area contributed by atoms with Crippen molar-refractivity contribution in [2.45, 2.75) is 19.3 Å². The summed E-state index contributed by atoms with van der Waals surface area (Å²) in [6.45, 7) is 4.78. The molecule has 0 amide bonds. The van der Waals surface area contributed by atoms with E-state index < -0.39 is 0 Å². The second-order valence-corrected chi connectivity index (χ2v) is 17.8. The van der Waals surface area contributed by atoms with Crippen LogP contribution >= 0.6 is 0 Å². The van der Waals surface area contributed by atoms with Gasteiger partial charge < -0.3 is 9.13 Å². The first-order chi connectivity index (χ1) is 31.0. The molecule has 0 atom stereocenters. The Morgan fingerprint density at radius 2 is 0.714 bits per heavy atom. The molecule has 1 aliphatic rings. The fourth-order valence-electron chi connectivity index (χ4n) is 10.7. The van der Waals surface area contributed by atoms with E-state index in [0.29, 0.717) is 0 Å². The third kappa shape index (κ3) is 5.44. The zero-order valence-electron chi connectivity index (χ0n) is 35.2. The van der Waals surface area contributed by atoms with Crippen LogP contribution in [-0.4, -0.2) is 9.13 Å². The van der Waals surface area contributed by atoms with Crippen molar-refractivity contribution >= 4 is 54.4 Å². The van der Waals surface area contributed by atoms with E-state index in [0.717, 1.165) is 0 Å². The van der Waals surface area contributed by atoms with Crippen molar-refractivity contribution in [3.8, 4) is 55.9 Å². The second kappa shape index (κ2) is 13.5. The number of aromatic nitrogens is 2. The van der Waals surface area contributed by atoms with Gasteiger partial charge in [0, 0.05) is 38.3 Å². The molecule has 0 radical (unpaired) electrons. The Kier molecular flexibility index (Phi) is 7.68. The van der Waals surface area contributed by atoms with Crippen LogP contribution < -0.4 is 0 Å². The van der Waals surface area contributed by atoms with Crippen molar-refractivity contribution in [2.24, 2.45) is 0 Å². The molecular formula is C61H42N2. The summed E-state index contributed by atoms with van der Waals surface area (Å²) < 4.78 is 4.79. The lowest BCUT2D eigenvalue weighted by molar-refractivity contribution is 0.661. The molecule has 1 aliphatic carbocycles. The van der Waals surface area contributed by atoms with Crippen molar-refractivity contribution in [1.29, 1.82) is 0 Å². The van der Waals surface area contributed by atoms with Gasteiger partial charge in [-0.05, 0) is 139 Å². The topological polar surface area (TPSA) is 9.86 Å². The number of fused-ring (bicyclic) bond motifs is 10. The van der Waals surface area contributed by atoms with Crippen molar-refractivity contribution in [2.75, 3.05) is 0 Å². The highest BCUT2D eigenvalue weighted by molar-refractivity contribution is 6.12. The fraction of sp³-hybridized carbons (Fsp3) is 0.0492. The molecule has 2 heteroatoms. The maximum Gasteiger partial charge on any atom is 0.0541 e. The Hall–Kier alpha value is -7.94. The molecule has 12 aromatic rings. The summed E-state index contributed by atoms with van der Waals surface area (Å²) >= 11 is 0. The lowest BCUT2D eigenvalue weighted by Gasteiger charge is -2.22. The molecule has 13 rings (SSSR count). The van der Waals surface area contributed by atoms with Gasteiger partial charge in [0.2, 0.25) is 0 Å². The molecule has 2 nitrogen and oxygen atoms in total. The zero-order chi connectivity index (χ0) is 41.8. The molecule has 0 fully saturated rings. The molecule has 0 bridgehead atoms. The third-order valence-corrected chi connectivity index (χ3v) is 13.9. The Balaban J connectivity index is 0.825. The number of hydrogen-bond acceptors (Lipinski definition) is 0. The standard InChI is InChI=1S/C61H42N2/c1-61(2)55-37-45(41-22-20-40(21-23-41)43-27-32-59-53(35-43)51-16-8-10-18-57(51)62(59)47-14-4-3-5-15-47)25-30-49(55)50-31-26-46(38-56(50)61)44-28-33-60-54(36-44)52-17-9-11-19-58(52)63(60)48-29-24-39-12-6-7-13-42(39)34-48/h3-38H,1-2H3. The van der Waals surface area contributed by atoms with Gasteiger partial charge in [0.05, 0.1) is 22.1 Å². The van der Waals surface area contributed by atoms with Crippen LogP contribution in [0.4, 0.5) is 0 Å². The normalized spacial score (nSPS) is 13.0. The van der Waals surface area contributed by atoms with Crippen LogP contribution in [0.5, 0.6) is 0 Å². The van der Waals surface area contributed by atoms with E-state index in [1.165, 1.54) is 121 Å². The quantitative estimate of drug-likeness (QED) is 0.164. The van der Waals surface area contributed by atoms with Crippen molar-refractivity contribution < 1.29 is 0 Å². The van der Waals surface area contributed by atoms with E-state index in [4.69, 9.17) is 0 Å². The molecule has 10 aromatic carbocycles. The van der Waals surface area contributed by atoms with Gasteiger partial charge in [-0.2, -0.15) is 0 Å². The molecule has 63 heavy (non-hydrogen) atoms. The molecule has 0 unspecified atom stereocenters. The lowest BCUT2D eigenvalue weighted by Crippen LogP contribution is -2.15. The molecule has 0 saturated carbocycles. The average Bonchev–Trinajstić information content (AvgIpc) is 3.93. The van der Waals surface area contributed by atoms with E-state index >= 15 is 0 Å². The monoisotopic (exact) mass is 802 g/mol. The molecule has 2 heterocycles. The first-order valence-electron chi connectivity index (χ1n) is 22.0. The van der Waals surface area contributed by atoms with Gasteiger partial charge in [0.15, 0.2) is 0 Å².